The maximum absolute atomic E-state index is 7.11. The molecule has 0 N–H and O–H groups in total. The van der Waals surface area contributed by atoms with Crippen LogP contribution < -0.4 is 19.8 Å². The molecule has 0 unspecified atom stereocenters. The van der Waals surface area contributed by atoms with Crippen molar-refractivity contribution >= 4 is 18.7 Å². The van der Waals surface area contributed by atoms with Gasteiger partial charge >= 0.3 is 0 Å². The molecule has 0 bridgehead atoms. The minimum absolute atomic E-state index is 0.000601. The van der Waals surface area contributed by atoms with Gasteiger partial charge in [-0.05, 0) is 33.1 Å². The number of benzene rings is 3. The van der Waals surface area contributed by atoms with Crippen molar-refractivity contribution in [2.24, 2.45) is 0 Å². The Balaban J connectivity index is 2.07. The van der Waals surface area contributed by atoms with Gasteiger partial charge in [-0.2, -0.15) is 0 Å². The molecule has 0 fully saturated rings. The molecule has 0 spiro atoms. The van der Waals surface area contributed by atoms with E-state index in [9.17, 15) is 0 Å². The van der Waals surface area contributed by atoms with Gasteiger partial charge in [0.2, 0.25) is 0 Å². The van der Waals surface area contributed by atoms with Crippen LogP contribution in [0.5, 0.6) is 11.5 Å². The number of hydrogen-bond acceptors (Lipinski definition) is 3. The molecule has 0 aromatic heterocycles. The molecule has 4 heteroatoms. The zero-order valence-electron chi connectivity index (χ0n) is 19.8. The van der Waals surface area contributed by atoms with Crippen LogP contribution in [0.1, 0.15) is 32.3 Å². The average molecular weight is 447 g/mol. The van der Waals surface area contributed by atoms with Crippen molar-refractivity contribution < 1.29 is 13.9 Å². The van der Waals surface area contributed by atoms with Crippen molar-refractivity contribution in [3.8, 4) is 11.5 Å². The molecule has 168 valence electrons. The SMILES string of the molecule is C=C[C@H](CO[Si](c1ccccc1)(c1ccccc1)C(C)(C)C)c1cc(OC)cc(OC)c1. The Morgan fingerprint density at radius 3 is 1.66 bits per heavy atom. The Bertz CT molecular complexity index is 948. The largest absolute Gasteiger partial charge is 0.497 e. The number of rotatable bonds is 9. The van der Waals surface area contributed by atoms with Gasteiger partial charge < -0.3 is 13.9 Å². The zero-order valence-corrected chi connectivity index (χ0v) is 20.8. The molecule has 32 heavy (non-hydrogen) atoms. The maximum Gasteiger partial charge on any atom is 0.261 e. The summed E-state index contributed by atoms with van der Waals surface area (Å²) in [5.41, 5.74) is 1.06. The van der Waals surface area contributed by atoms with E-state index in [0.29, 0.717) is 6.61 Å². The van der Waals surface area contributed by atoms with Gasteiger partial charge in [-0.15, -0.1) is 6.58 Å². The van der Waals surface area contributed by atoms with Crippen LogP contribution in [-0.4, -0.2) is 29.1 Å². The first-order valence-corrected chi connectivity index (χ1v) is 12.9. The Hall–Kier alpha value is -2.82. The molecule has 3 aromatic carbocycles. The predicted molar refractivity (Wildman–Crippen MR) is 136 cm³/mol. The summed E-state index contributed by atoms with van der Waals surface area (Å²) in [5, 5.41) is 2.46. The van der Waals surface area contributed by atoms with E-state index in [4.69, 9.17) is 13.9 Å². The molecule has 0 saturated carbocycles. The van der Waals surface area contributed by atoms with Crippen molar-refractivity contribution in [3.63, 3.8) is 0 Å². The minimum Gasteiger partial charge on any atom is -0.497 e. The van der Waals surface area contributed by atoms with Crippen LogP contribution in [0.2, 0.25) is 5.04 Å². The van der Waals surface area contributed by atoms with E-state index in [2.05, 4.69) is 88.0 Å². The van der Waals surface area contributed by atoms with Gasteiger partial charge in [0, 0.05) is 18.6 Å². The van der Waals surface area contributed by atoms with Crippen molar-refractivity contribution in [3.05, 3.63) is 97.1 Å². The van der Waals surface area contributed by atoms with Crippen LogP contribution in [0.3, 0.4) is 0 Å². The molecule has 0 amide bonds. The average Bonchev–Trinajstić information content (AvgIpc) is 2.82. The third-order valence-electron chi connectivity index (χ3n) is 5.98. The predicted octanol–water partition coefficient (Wildman–Crippen LogP) is 5.55. The van der Waals surface area contributed by atoms with E-state index in [1.165, 1.54) is 10.4 Å². The molecule has 1 atom stereocenters. The fourth-order valence-corrected chi connectivity index (χ4v) is 8.91. The molecule has 0 heterocycles. The van der Waals surface area contributed by atoms with E-state index in [-0.39, 0.29) is 11.0 Å². The fourth-order valence-electron chi connectivity index (χ4n) is 4.32. The number of ether oxygens (including phenoxy) is 2. The summed E-state index contributed by atoms with van der Waals surface area (Å²) in [7, 11) is 0.719. The molecular formula is C28H34O3Si. The van der Waals surface area contributed by atoms with Crippen molar-refractivity contribution in [2.45, 2.75) is 31.7 Å². The van der Waals surface area contributed by atoms with E-state index in [0.717, 1.165) is 17.1 Å². The summed E-state index contributed by atoms with van der Waals surface area (Å²) >= 11 is 0. The van der Waals surface area contributed by atoms with Gasteiger partial charge in [0.15, 0.2) is 0 Å². The molecule has 3 aromatic rings. The molecule has 3 nitrogen and oxygen atoms in total. The standard InChI is InChI=1S/C28H34O3Si/c1-7-22(23-18-24(29-5)20-25(19-23)30-6)21-31-32(28(2,3)4,26-14-10-8-11-15-26)27-16-12-9-13-17-27/h7-20,22H,1,21H2,2-6H3/t22-/m1/s1. The van der Waals surface area contributed by atoms with Crippen LogP contribution in [0.15, 0.2) is 91.5 Å². The van der Waals surface area contributed by atoms with E-state index >= 15 is 0 Å². The molecule has 0 aliphatic rings. The Morgan fingerprint density at radius 1 is 0.812 bits per heavy atom. The van der Waals surface area contributed by atoms with Gasteiger partial charge in [-0.1, -0.05) is 87.5 Å². The van der Waals surface area contributed by atoms with Gasteiger partial charge in [-0.25, -0.2) is 0 Å². The van der Waals surface area contributed by atoms with Crippen molar-refractivity contribution in [2.75, 3.05) is 20.8 Å². The van der Waals surface area contributed by atoms with E-state index < -0.39 is 8.32 Å². The summed E-state index contributed by atoms with van der Waals surface area (Å²) in [6, 6.07) is 27.3. The van der Waals surface area contributed by atoms with Crippen LogP contribution in [0.4, 0.5) is 0 Å². The van der Waals surface area contributed by atoms with Crippen molar-refractivity contribution in [1.82, 2.24) is 0 Å². The normalized spacial score (nSPS) is 12.8. The Morgan fingerprint density at radius 2 is 1.28 bits per heavy atom. The van der Waals surface area contributed by atoms with Crippen LogP contribution in [0, 0.1) is 0 Å². The molecule has 0 saturated heterocycles. The summed E-state index contributed by atoms with van der Waals surface area (Å²) in [4.78, 5) is 0. The first-order chi connectivity index (χ1) is 15.4. The zero-order chi connectivity index (χ0) is 23.2. The van der Waals surface area contributed by atoms with E-state index in [1.807, 2.05) is 24.3 Å². The Labute approximate surface area is 193 Å². The summed E-state index contributed by atoms with van der Waals surface area (Å²) < 4.78 is 18.1. The molecule has 0 aliphatic carbocycles. The molecular weight excluding hydrogens is 412 g/mol. The highest BCUT2D eigenvalue weighted by Crippen LogP contribution is 2.38. The smallest absolute Gasteiger partial charge is 0.261 e. The second-order valence-corrected chi connectivity index (χ2v) is 13.3. The highest BCUT2D eigenvalue weighted by molar-refractivity contribution is 6.99. The van der Waals surface area contributed by atoms with Gasteiger partial charge in [0.05, 0.1) is 14.2 Å². The Kier molecular flexibility index (Phi) is 7.59. The maximum atomic E-state index is 7.11. The van der Waals surface area contributed by atoms with Crippen LogP contribution in [-0.2, 0) is 4.43 Å². The monoisotopic (exact) mass is 446 g/mol. The van der Waals surface area contributed by atoms with E-state index in [1.54, 1.807) is 14.2 Å². The lowest BCUT2D eigenvalue weighted by Gasteiger charge is -2.43. The van der Waals surface area contributed by atoms with Gasteiger partial charge in [0.1, 0.15) is 11.5 Å². The summed E-state index contributed by atoms with van der Waals surface area (Å²) in [6.45, 7) is 11.5. The lowest BCUT2D eigenvalue weighted by Crippen LogP contribution is -2.66. The van der Waals surface area contributed by atoms with Crippen LogP contribution in [0.25, 0.3) is 0 Å². The summed E-state index contributed by atoms with van der Waals surface area (Å²) in [6.07, 6.45) is 1.95. The second kappa shape index (κ2) is 10.2. The third kappa shape index (κ3) is 4.82. The second-order valence-electron chi connectivity index (χ2n) is 8.96. The van der Waals surface area contributed by atoms with Gasteiger partial charge in [-0.3, -0.25) is 0 Å². The topological polar surface area (TPSA) is 27.7 Å². The lowest BCUT2D eigenvalue weighted by atomic mass is 9.99. The summed E-state index contributed by atoms with van der Waals surface area (Å²) in [5.74, 6) is 1.52. The third-order valence-corrected chi connectivity index (χ3v) is 11.0. The fraction of sp³-hybridized carbons (Fsp3) is 0.286. The number of hydrogen-bond donors (Lipinski definition) is 0. The van der Waals surface area contributed by atoms with Gasteiger partial charge in [0.25, 0.3) is 8.32 Å². The number of methoxy groups -OCH3 is 2. The first-order valence-electron chi connectivity index (χ1n) is 11.0. The molecule has 0 radical (unpaired) electrons. The highest BCUT2D eigenvalue weighted by Gasteiger charge is 2.50. The quantitative estimate of drug-likeness (QED) is 0.319. The van der Waals surface area contributed by atoms with Crippen molar-refractivity contribution in [1.29, 1.82) is 0 Å². The minimum atomic E-state index is -2.62. The molecule has 3 rings (SSSR count). The first kappa shape index (κ1) is 23.8. The van der Waals surface area contributed by atoms with Crippen LogP contribution >= 0.6 is 0 Å². The lowest BCUT2D eigenvalue weighted by molar-refractivity contribution is 0.287. The molecule has 0 aliphatic heterocycles. The highest BCUT2D eigenvalue weighted by atomic mass is 28.4.